The van der Waals surface area contributed by atoms with Gasteiger partial charge in [-0.1, -0.05) is 18.2 Å². The molecule has 0 unspecified atom stereocenters. The summed E-state index contributed by atoms with van der Waals surface area (Å²) < 4.78 is 0. The number of phenolic OH excluding ortho intramolecular Hbond substituents is 2. The monoisotopic (exact) mass is 779 g/mol. The SMILES string of the molecule is O=C(O)c1ccc(N=Nc2cc(C=Nc3ccc(N(c4ccccc4)c4ccc(N=Cc5ccc(O)c(N=Nc6ccc(C(=O)O)cc6)c5)cc4)cc3)ccc2O)cc1. The molecule has 288 valence electrons. The molecule has 0 aliphatic rings. The fraction of sp³-hybridized carbons (Fsp3) is 0. The molecule has 0 radical (unpaired) electrons. The summed E-state index contributed by atoms with van der Waals surface area (Å²) in [4.78, 5) is 33.6. The van der Waals surface area contributed by atoms with Crippen LogP contribution in [0, 0.1) is 0 Å². The minimum atomic E-state index is -1.03. The van der Waals surface area contributed by atoms with Crippen molar-refractivity contribution in [1.82, 2.24) is 0 Å². The molecule has 0 aliphatic heterocycles. The van der Waals surface area contributed by atoms with Crippen LogP contribution >= 0.6 is 0 Å². The van der Waals surface area contributed by atoms with Gasteiger partial charge in [-0.25, -0.2) is 9.59 Å². The van der Waals surface area contributed by atoms with Crippen LogP contribution in [0.1, 0.15) is 31.8 Å². The van der Waals surface area contributed by atoms with Crippen molar-refractivity contribution in [3.63, 3.8) is 0 Å². The maximum atomic E-state index is 11.1. The van der Waals surface area contributed by atoms with Gasteiger partial charge in [0.1, 0.15) is 22.9 Å². The molecule has 0 aromatic heterocycles. The third-order valence-electron chi connectivity index (χ3n) is 8.73. The first-order chi connectivity index (χ1) is 28.7. The maximum absolute atomic E-state index is 11.1. The lowest BCUT2D eigenvalue weighted by Crippen LogP contribution is -2.09. The summed E-state index contributed by atoms with van der Waals surface area (Å²) in [5, 5.41) is 55.4. The van der Waals surface area contributed by atoms with Gasteiger partial charge >= 0.3 is 11.9 Å². The third-order valence-corrected chi connectivity index (χ3v) is 8.73. The molecule has 0 amide bonds. The minimum absolute atomic E-state index is 0.0606. The van der Waals surface area contributed by atoms with Gasteiger partial charge in [-0.15, -0.1) is 10.2 Å². The van der Waals surface area contributed by atoms with E-state index in [-0.39, 0.29) is 34.0 Å². The lowest BCUT2D eigenvalue weighted by atomic mass is 10.1. The van der Waals surface area contributed by atoms with Crippen LogP contribution in [-0.4, -0.2) is 44.8 Å². The highest BCUT2D eigenvalue weighted by Crippen LogP contribution is 2.36. The largest absolute Gasteiger partial charge is 0.506 e. The van der Waals surface area contributed by atoms with Crippen molar-refractivity contribution in [2.75, 3.05) is 4.90 Å². The van der Waals surface area contributed by atoms with E-state index in [1.165, 1.54) is 60.7 Å². The van der Waals surface area contributed by atoms with E-state index < -0.39 is 11.9 Å². The third kappa shape index (κ3) is 10.00. The van der Waals surface area contributed by atoms with Crippen molar-refractivity contribution in [2.24, 2.45) is 30.4 Å². The van der Waals surface area contributed by atoms with E-state index in [0.29, 0.717) is 33.9 Å². The van der Waals surface area contributed by atoms with Gasteiger partial charge in [-0.3, -0.25) is 9.98 Å². The van der Waals surface area contributed by atoms with Gasteiger partial charge in [-0.2, -0.15) is 10.2 Å². The molecule has 0 atom stereocenters. The number of carboxylic acids is 2. The van der Waals surface area contributed by atoms with Crippen LogP contribution in [0.4, 0.5) is 51.2 Å². The van der Waals surface area contributed by atoms with Crippen molar-refractivity contribution in [3.05, 3.63) is 186 Å². The van der Waals surface area contributed by atoms with Gasteiger partial charge in [0.25, 0.3) is 0 Å². The van der Waals surface area contributed by atoms with Gasteiger partial charge in [0.05, 0.1) is 33.9 Å². The Morgan fingerprint density at radius 2 is 0.797 bits per heavy atom. The first-order valence-electron chi connectivity index (χ1n) is 18.0. The molecule has 4 N–H and O–H groups in total. The summed E-state index contributed by atoms with van der Waals surface area (Å²) in [5.74, 6) is -2.19. The van der Waals surface area contributed by atoms with Gasteiger partial charge in [0.2, 0.25) is 0 Å². The van der Waals surface area contributed by atoms with E-state index in [9.17, 15) is 19.8 Å². The van der Waals surface area contributed by atoms with E-state index in [2.05, 4.69) is 35.3 Å². The average molecular weight is 780 g/mol. The highest BCUT2D eigenvalue weighted by Gasteiger charge is 2.13. The normalized spacial score (nSPS) is 11.5. The molecule has 7 aromatic rings. The summed E-state index contributed by atoms with van der Waals surface area (Å²) in [6, 6.07) is 47.1. The Bertz CT molecular complexity index is 2550. The van der Waals surface area contributed by atoms with Gasteiger partial charge in [-0.05, 0) is 157 Å². The first-order valence-corrected chi connectivity index (χ1v) is 18.0. The van der Waals surface area contributed by atoms with Crippen LogP contribution in [0.5, 0.6) is 11.5 Å². The molecular weight excluding hydrogens is 747 g/mol. The second-order valence-corrected chi connectivity index (χ2v) is 12.8. The molecule has 13 nitrogen and oxygen atoms in total. The van der Waals surface area contributed by atoms with Gasteiger partial charge < -0.3 is 25.3 Å². The van der Waals surface area contributed by atoms with Crippen LogP contribution < -0.4 is 4.90 Å². The summed E-state index contributed by atoms with van der Waals surface area (Å²) in [6.45, 7) is 0. The number of benzene rings is 7. The van der Waals surface area contributed by atoms with Crippen molar-refractivity contribution < 1.29 is 30.0 Å². The number of carboxylic acid groups (broad SMARTS) is 2. The highest BCUT2D eigenvalue weighted by atomic mass is 16.4. The van der Waals surface area contributed by atoms with Crippen LogP contribution in [0.3, 0.4) is 0 Å². The van der Waals surface area contributed by atoms with E-state index in [4.69, 9.17) is 10.2 Å². The Labute approximate surface area is 337 Å². The number of phenols is 2. The molecule has 0 fully saturated rings. The smallest absolute Gasteiger partial charge is 0.335 e. The number of aliphatic imine (C=N–C) groups is 2. The molecule has 0 heterocycles. The lowest BCUT2D eigenvalue weighted by Gasteiger charge is -2.25. The Kier molecular flexibility index (Phi) is 11.7. The van der Waals surface area contributed by atoms with Gasteiger partial charge in [0, 0.05) is 29.5 Å². The molecule has 0 bridgehead atoms. The number of aromatic hydroxyl groups is 2. The Morgan fingerprint density at radius 1 is 0.424 bits per heavy atom. The summed E-state index contributed by atoms with van der Waals surface area (Å²) in [7, 11) is 0. The second kappa shape index (κ2) is 17.9. The van der Waals surface area contributed by atoms with Crippen molar-refractivity contribution >= 4 is 75.6 Å². The predicted octanol–water partition coefficient (Wildman–Crippen LogP) is 12.3. The number of carbonyl (C=O) groups is 2. The zero-order valence-electron chi connectivity index (χ0n) is 31.0. The van der Waals surface area contributed by atoms with Crippen LogP contribution in [-0.2, 0) is 0 Å². The number of hydrogen-bond acceptors (Lipinski definition) is 11. The molecule has 7 rings (SSSR count). The maximum Gasteiger partial charge on any atom is 0.335 e. The molecule has 0 saturated carbocycles. The molecular formula is C46H33N7O6. The van der Waals surface area contributed by atoms with E-state index in [1.807, 2.05) is 78.9 Å². The number of hydrogen-bond donors (Lipinski definition) is 4. The second-order valence-electron chi connectivity index (χ2n) is 12.8. The zero-order valence-corrected chi connectivity index (χ0v) is 31.0. The molecule has 7 aromatic carbocycles. The molecule has 13 heteroatoms. The number of rotatable bonds is 13. The minimum Gasteiger partial charge on any atom is -0.506 e. The van der Waals surface area contributed by atoms with E-state index in [0.717, 1.165) is 17.1 Å². The number of para-hydroxylation sites is 1. The molecule has 59 heavy (non-hydrogen) atoms. The van der Waals surface area contributed by atoms with Crippen LogP contribution in [0.2, 0.25) is 0 Å². The van der Waals surface area contributed by atoms with E-state index >= 15 is 0 Å². The molecule has 0 saturated heterocycles. The fourth-order valence-electron chi connectivity index (χ4n) is 5.66. The quantitative estimate of drug-likeness (QED) is 0.0660. The standard InChI is InChI=1S/C46H33N7O6/c54-43-24-6-30(26-41(43)51-49-36-12-8-32(9-13-36)45(56)57)28-47-34-16-20-39(21-17-34)53(38-4-2-1-3-5-38)40-22-18-35(19-23-40)48-29-31-7-25-44(55)42(27-31)52-50-37-14-10-33(11-15-37)46(58)59/h1-29,54-55H,(H,56,57)(H,58,59). The molecule has 0 spiro atoms. The number of azo groups is 2. The zero-order chi connectivity index (χ0) is 41.1. The summed E-state index contributed by atoms with van der Waals surface area (Å²) in [5.41, 5.74) is 7.17. The summed E-state index contributed by atoms with van der Waals surface area (Å²) >= 11 is 0. The highest BCUT2D eigenvalue weighted by molar-refractivity contribution is 5.89. The first kappa shape index (κ1) is 38.7. The number of anilines is 3. The fourth-order valence-corrected chi connectivity index (χ4v) is 5.66. The van der Waals surface area contributed by atoms with Gasteiger partial charge in [0.15, 0.2) is 0 Å². The average Bonchev–Trinajstić information content (AvgIpc) is 3.26. The number of aromatic carboxylic acids is 2. The van der Waals surface area contributed by atoms with E-state index in [1.54, 1.807) is 36.7 Å². The lowest BCUT2D eigenvalue weighted by molar-refractivity contribution is 0.0686. The summed E-state index contributed by atoms with van der Waals surface area (Å²) in [6.07, 6.45) is 3.33. The predicted molar refractivity (Wildman–Crippen MR) is 227 cm³/mol. The number of nitrogens with zero attached hydrogens (tertiary/aromatic N) is 7. The Morgan fingerprint density at radius 3 is 1.19 bits per heavy atom. The van der Waals surface area contributed by atoms with Crippen LogP contribution in [0.25, 0.3) is 0 Å². The van der Waals surface area contributed by atoms with Crippen molar-refractivity contribution in [1.29, 1.82) is 0 Å². The Hall–Kier alpha value is -8.58. The van der Waals surface area contributed by atoms with Crippen molar-refractivity contribution in [3.8, 4) is 11.5 Å². The Balaban J connectivity index is 1.04. The van der Waals surface area contributed by atoms with Crippen LogP contribution in [0.15, 0.2) is 194 Å². The van der Waals surface area contributed by atoms with Crippen molar-refractivity contribution in [2.45, 2.75) is 0 Å². The molecule has 0 aliphatic carbocycles. The topological polar surface area (TPSA) is 192 Å².